The largest absolute Gasteiger partial charge is 0.340 e. The summed E-state index contributed by atoms with van der Waals surface area (Å²) in [6.45, 7) is 0.548. The molecule has 0 spiro atoms. The Kier molecular flexibility index (Phi) is 3.96. The number of nitrogens with zero attached hydrogens (tertiary/aromatic N) is 6. The summed E-state index contributed by atoms with van der Waals surface area (Å²) >= 11 is 6.08. The van der Waals surface area contributed by atoms with Gasteiger partial charge in [0.05, 0.1) is 12.2 Å². The van der Waals surface area contributed by atoms with Crippen molar-refractivity contribution in [2.45, 2.75) is 6.54 Å². The van der Waals surface area contributed by atoms with E-state index in [4.69, 9.17) is 17.4 Å². The van der Waals surface area contributed by atoms with Gasteiger partial charge in [-0.05, 0) is 47.9 Å². The van der Waals surface area contributed by atoms with Crippen molar-refractivity contribution in [3.63, 3.8) is 0 Å². The fourth-order valence-electron chi connectivity index (χ4n) is 3.24. The molecule has 3 aromatic heterocycles. The van der Waals surface area contributed by atoms with E-state index in [1.54, 1.807) is 22.7 Å². The highest BCUT2D eigenvalue weighted by molar-refractivity contribution is 6.30. The second kappa shape index (κ2) is 6.63. The van der Waals surface area contributed by atoms with Crippen LogP contribution in [-0.4, -0.2) is 24.4 Å². The zero-order valence-corrected chi connectivity index (χ0v) is 15.5. The normalized spacial score (nSPS) is 11.4. The Bertz CT molecular complexity index is 1290. The van der Waals surface area contributed by atoms with Gasteiger partial charge in [-0.3, -0.25) is 5.01 Å². The molecule has 0 bridgehead atoms. The fraction of sp³-hybridized carbons (Fsp3) is 0.0500. The van der Waals surface area contributed by atoms with Crippen LogP contribution < -0.4 is 10.9 Å². The molecule has 2 aromatic carbocycles. The Morgan fingerprint density at radius 2 is 1.86 bits per heavy atom. The first-order valence-corrected chi connectivity index (χ1v) is 9.12. The summed E-state index contributed by atoms with van der Waals surface area (Å²) in [5.41, 5.74) is 2.54. The van der Waals surface area contributed by atoms with E-state index in [0.717, 1.165) is 17.0 Å². The molecule has 138 valence electrons. The number of fused-ring (bicyclic) bond motifs is 2. The van der Waals surface area contributed by atoms with Crippen LogP contribution in [0.2, 0.25) is 5.02 Å². The predicted molar refractivity (Wildman–Crippen MR) is 110 cm³/mol. The Morgan fingerprint density at radius 1 is 0.964 bits per heavy atom. The molecule has 0 radical (unpaired) electrons. The summed E-state index contributed by atoms with van der Waals surface area (Å²) in [6, 6.07) is 21.2. The van der Waals surface area contributed by atoms with E-state index in [1.165, 1.54) is 10.4 Å². The van der Waals surface area contributed by atoms with Gasteiger partial charge in [0, 0.05) is 16.7 Å². The summed E-state index contributed by atoms with van der Waals surface area (Å²) in [6.07, 6.45) is 2.04. The average Bonchev–Trinajstić information content (AvgIpc) is 3.32. The van der Waals surface area contributed by atoms with Crippen molar-refractivity contribution < 1.29 is 0 Å². The lowest BCUT2D eigenvalue weighted by atomic mass is 10.2. The van der Waals surface area contributed by atoms with Crippen LogP contribution in [0.25, 0.3) is 16.6 Å². The number of rotatable bonds is 4. The van der Waals surface area contributed by atoms with Crippen LogP contribution in [0, 0.1) is 0 Å². The minimum Gasteiger partial charge on any atom is -0.340 e. The lowest BCUT2D eigenvalue weighted by molar-refractivity contribution is 0.724. The second-order valence-electron chi connectivity index (χ2n) is 6.43. The van der Waals surface area contributed by atoms with Gasteiger partial charge in [0.15, 0.2) is 17.3 Å². The summed E-state index contributed by atoms with van der Waals surface area (Å²) in [5, 5.41) is 16.5. The van der Waals surface area contributed by atoms with Gasteiger partial charge < -0.3 is 4.57 Å². The standard InChI is InChI=1S/C20H16ClN7/c21-15-5-3-6-16(12-15)27(22)19-9-8-18-23-24-20(28(18)25-19)13-26-11-10-14-4-1-2-7-17(14)26/h1-12H,13,22H2. The monoisotopic (exact) mass is 389 g/mol. The molecule has 0 amide bonds. The predicted octanol–water partition coefficient (Wildman–Crippen LogP) is 3.79. The molecule has 0 aliphatic heterocycles. The average molecular weight is 390 g/mol. The van der Waals surface area contributed by atoms with Crippen molar-refractivity contribution in [1.29, 1.82) is 0 Å². The maximum Gasteiger partial charge on any atom is 0.178 e. The number of halogens is 1. The Balaban J connectivity index is 1.53. The number of nitrogens with two attached hydrogens (primary N) is 1. The van der Waals surface area contributed by atoms with Crippen LogP contribution in [0.3, 0.4) is 0 Å². The van der Waals surface area contributed by atoms with Crippen LogP contribution in [0.4, 0.5) is 11.5 Å². The van der Waals surface area contributed by atoms with Crippen LogP contribution in [-0.2, 0) is 6.54 Å². The van der Waals surface area contributed by atoms with E-state index in [-0.39, 0.29) is 0 Å². The third-order valence-electron chi connectivity index (χ3n) is 4.64. The number of hydrogen-bond donors (Lipinski definition) is 1. The molecule has 0 aliphatic rings. The Morgan fingerprint density at radius 3 is 2.75 bits per heavy atom. The number of benzene rings is 2. The summed E-state index contributed by atoms with van der Waals surface area (Å²) in [5.74, 6) is 7.54. The first kappa shape index (κ1) is 16.7. The van der Waals surface area contributed by atoms with E-state index in [0.29, 0.717) is 23.0 Å². The van der Waals surface area contributed by atoms with Crippen molar-refractivity contribution >= 4 is 39.7 Å². The quantitative estimate of drug-likeness (QED) is 0.374. The van der Waals surface area contributed by atoms with Gasteiger partial charge in [-0.25, -0.2) is 5.84 Å². The van der Waals surface area contributed by atoms with Gasteiger partial charge in [-0.2, -0.15) is 4.52 Å². The zero-order chi connectivity index (χ0) is 19.1. The van der Waals surface area contributed by atoms with E-state index in [2.05, 4.69) is 38.1 Å². The topological polar surface area (TPSA) is 77.3 Å². The van der Waals surface area contributed by atoms with Gasteiger partial charge in [-0.15, -0.1) is 15.3 Å². The fourth-order valence-corrected chi connectivity index (χ4v) is 3.42. The van der Waals surface area contributed by atoms with Crippen molar-refractivity contribution in [3.8, 4) is 0 Å². The molecule has 0 aliphatic carbocycles. The van der Waals surface area contributed by atoms with E-state index in [1.807, 2.05) is 36.5 Å². The highest BCUT2D eigenvalue weighted by atomic mass is 35.5. The summed E-state index contributed by atoms with van der Waals surface area (Å²) in [4.78, 5) is 0. The maximum atomic E-state index is 6.26. The van der Waals surface area contributed by atoms with Crippen LogP contribution >= 0.6 is 11.6 Å². The van der Waals surface area contributed by atoms with Gasteiger partial charge in [0.1, 0.15) is 0 Å². The van der Waals surface area contributed by atoms with Gasteiger partial charge in [-0.1, -0.05) is 35.9 Å². The second-order valence-corrected chi connectivity index (χ2v) is 6.87. The SMILES string of the molecule is NN(c1cccc(Cl)c1)c1ccc2nnc(Cn3ccc4ccccc43)n2n1. The Labute approximate surface area is 165 Å². The molecule has 3 heterocycles. The number of hydrogen-bond acceptors (Lipinski definition) is 5. The Hall–Kier alpha value is -3.42. The lowest BCUT2D eigenvalue weighted by Gasteiger charge is -2.17. The van der Waals surface area contributed by atoms with Crippen molar-refractivity contribution in [2.24, 2.45) is 5.84 Å². The molecular formula is C20H16ClN7. The number of aromatic nitrogens is 5. The molecule has 7 nitrogen and oxygen atoms in total. The summed E-state index contributed by atoms with van der Waals surface area (Å²) in [7, 11) is 0. The smallest absolute Gasteiger partial charge is 0.178 e. The van der Waals surface area contributed by atoms with E-state index in [9.17, 15) is 0 Å². The zero-order valence-electron chi connectivity index (χ0n) is 14.8. The first-order valence-electron chi connectivity index (χ1n) is 8.75. The summed E-state index contributed by atoms with van der Waals surface area (Å²) < 4.78 is 3.84. The third kappa shape index (κ3) is 2.87. The molecule has 0 saturated carbocycles. The van der Waals surface area contributed by atoms with Crippen LogP contribution in [0.5, 0.6) is 0 Å². The number of anilines is 2. The number of para-hydroxylation sites is 1. The minimum atomic E-state index is 0.548. The highest BCUT2D eigenvalue weighted by Gasteiger charge is 2.13. The molecule has 28 heavy (non-hydrogen) atoms. The molecule has 0 fully saturated rings. The molecule has 2 N–H and O–H groups in total. The molecular weight excluding hydrogens is 374 g/mol. The van der Waals surface area contributed by atoms with E-state index >= 15 is 0 Å². The molecule has 0 saturated heterocycles. The van der Waals surface area contributed by atoms with Crippen molar-refractivity contribution in [3.05, 3.63) is 83.8 Å². The van der Waals surface area contributed by atoms with Crippen LogP contribution in [0.15, 0.2) is 72.9 Å². The van der Waals surface area contributed by atoms with E-state index < -0.39 is 0 Å². The molecule has 5 rings (SSSR count). The van der Waals surface area contributed by atoms with Crippen molar-refractivity contribution in [1.82, 2.24) is 24.4 Å². The maximum absolute atomic E-state index is 6.26. The molecule has 5 aromatic rings. The highest BCUT2D eigenvalue weighted by Crippen LogP contribution is 2.23. The van der Waals surface area contributed by atoms with Gasteiger partial charge >= 0.3 is 0 Å². The lowest BCUT2D eigenvalue weighted by Crippen LogP contribution is -2.26. The third-order valence-corrected chi connectivity index (χ3v) is 4.87. The van der Waals surface area contributed by atoms with Crippen molar-refractivity contribution in [2.75, 3.05) is 5.01 Å². The van der Waals surface area contributed by atoms with Gasteiger partial charge in [0.2, 0.25) is 0 Å². The van der Waals surface area contributed by atoms with Crippen LogP contribution in [0.1, 0.15) is 5.82 Å². The molecule has 0 unspecified atom stereocenters. The number of hydrazine groups is 1. The minimum absolute atomic E-state index is 0.548. The molecule has 8 heteroatoms. The molecule has 0 atom stereocenters. The first-order chi connectivity index (χ1) is 13.7. The van der Waals surface area contributed by atoms with Gasteiger partial charge in [0.25, 0.3) is 0 Å².